The molecule has 2 heterocycles. The van der Waals surface area contributed by atoms with Crippen molar-refractivity contribution in [1.82, 2.24) is 14.8 Å². The molecule has 0 aliphatic carbocycles. The number of ether oxygens (including phenoxy) is 1. The van der Waals surface area contributed by atoms with Gasteiger partial charge in [-0.25, -0.2) is 0 Å². The van der Waals surface area contributed by atoms with Gasteiger partial charge in [0.15, 0.2) is 11.0 Å². The van der Waals surface area contributed by atoms with Crippen LogP contribution in [0.15, 0.2) is 40.9 Å². The predicted molar refractivity (Wildman–Crippen MR) is 101 cm³/mol. The Kier molecular flexibility index (Phi) is 5.40. The Morgan fingerprint density at radius 2 is 2.20 bits per heavy atom. The number of anilines is 1. The fourth-order valence-corrected chi connectivity index (χ4v) is 3.67. The van der Waals surface area contributed by atoms with Crippen LogP contribution in [0.25, 0.3) is 11.4 Å². The van der Waals surface area contributed by atoms with Crippen LogP contribution in [0.4, 0.5) is 5.69 Å². The molecule has 0 fully saturated rings. The molecule has 0 spiro atoms. The zero-order chi connectivity index (χ0) is 17.8. The number of nitrogens with one attached hydrogen (secondary N) is 1. The molecule has 0 unspecified atom stereocenters. The lowest BCUT2D eigenvalue weighted by atomic mass is 10.3. The Bertz CT molecular complexity index is 888. The van der Waals surface area contributed by atoms with Crippen molar-refractivity contribution in [1.29, 1.82) is 0 Å². The molecule has 0 aliphatic heterocycles. The summed E-state index contributed by atoms with van der Waals surface area (Å²) < 4.78 is 7.06. The second-order valence-corrected chi connectivity index (χ2v) is 7.44. The number of methoxy groups -OCH3 is 1. The molecule has 0 saturated carbocycles. The molecule has 6 nitrogen and oxygen atoms in total. The minimum Gasteiger partial charge on any atom is -0.497 e. The van der Waals surface area contributed by atoms with Gasteiger partial charge >= 0.3 is 0 Å². The number of aromatic nitrogens is 3. The van der Waals surface area contributed by atoms with E-state index in [1.54, 1.807) is 24.5 Å². The summed E-state index contributed by atoms with van der Waals surface area (Å²) in [5.41, 5.74) is 1.75. The van der Waals surface area contributed by atoms with Crippen molar-refractivity contribution < 1.29 is 9.53 Å². The highest BCUT2D eigenvalue weighted by Gasteiger charge is 2.14. The van der Waals surface area contributed by atoms with Crippen molar-refractivity contribution in [2.75, 3.05) is 18.2 Å². The van der Waals surface area contributed by atoms with Crippen LogP contribution in [0.3, 0.4) is 0 Å². The van der Waals surface area contributed by atoms with Crippen LogP contribution in [-0.2, 0) is 11.8 Å². The van der Waals surface area contributed by atoms with Crippen molar-refractivity contribution in [2.24, 2.45) is 7.05 Å². The van der Waals surface area contributed by atoms with Crippen LogP contribution in [0.1, 0.15) is 4.88 Å². The number of carbonyl (C=O) groups excluding carboxylic acids is 1. The molecule has 1 aromatic carbocycles. The number of hydrogen-bond acceptors (Lipinski definition) is 6. The number of carbonyl (C=O) groups is 1. The van der Waals surface area contributed by atoms with E-state index in [2.05, 4.69) is 33.9 Å². The van der Waals surface area contributed by atoms with E-state index >= 15 is 0 Å². The predicted octanol–water partition coefficient (Wildman–Crippen LogP) is 3.59. The number of hydrogen-bond donors (Lipinski definition) is 1. The molecule has 2 aromatic heterocycles. The highest BCUT2D eigenvalue weighted by molar-refractivity contribution is 7.99. The minimum atomic E-state index is -0.103. The van der Waals surface area contributed by atoms with Crippen molar-refractivity contribution in [3.05, 3.63) is 40.6 Å². The Morgan fingerprint density at radius 3 is 2.92 bits per heavy atom. The monoisotopic (exact) mass is 374 g/mol. The molecule has 8 heteroatoms. The van der Waals surface area contributed by atoms with E-state index in [4.69, 9.17) is 4.74 Å². The van der Waals surface area contributed by atoms with Crippen LogP contribution in [0.5, 0.6) is 5.75 Å². The number of benzene rings is 1. The second kappa shape index (κ2) is 7.71. The van der Waals surface area contributed by atoms with Crippen molar-refractivity contribution in [2.45, 2.75) is 12.1 Å². The van der Waals surface area contributed by atoms with Crippen LogP contribution < -0.4 is 10.1 Å². The second-order valence-electron chi connectivity index (χ2n) is 5.38. The van der Waals surface area contributed by atoms with E-state index in [-0.39, 0.29) is 11.7 Å². The first kappa shape index (κ1) is 17.5. The van der Waals surface area contributed by atoms with Crippen LogP contribution in [0.2, 0.25) is 0 Å². The number of amides is 1. The third kappa shape index (κ3) is 4.21. The van der Waals surface area contributed by atoms with E-state index in [0.29, 0.717) is 16.6 Å². The lowest BCUT2D eigenvalue weighted by molar-refractivity contribution is -0.113. The zero-order valence-corrected chi connectivity index (χ0v) is 15.8. The first-order valence-electron chi connectivity index (χ1n) is 7.58. The molecule has 130 valence electrons. The lowest BCUT2D eigenvalue weighted by Gasteiger charge is -2.07. The number of thiophene rings is 1. The van der Waals surface area contributed by atoms with Crippen LogP contribution in [0, 0.1) is 6.92 Å². The fraction of sp³-hybridized carbons (Fsp3) is 0.235. The van der Waals surface area contributed by atoms with Crippen molar-refractivity contribution in [3.8, 4) is 17.1 Å². The van der Waals surface area contributed by atoms with E-state index < -0.39 is 0 Å². The Labute approximate surface area is 154 Å². The SMILES string of the molecule is COc1cccc(NC(=O)CSc2nnc(-c3csc(C)c3)n2C)c1. The number of thioether (sulfide) groups is 1. The Balaban J connectivity index is 1.61. The van der Waals surface area contributed by atoms with Gasteiger partial charge in [0.1, 0.15) is 5.75 Å². The van der Waals surface area contributed by atoms with Gasteiger partial charge in [-0.2, -0.15) is 0 Å². The lowest BCUT2D eigenvalue weighted by Crippen LogP contribution is -2.14. The van der Waals surface area contributed by atoms with Gasteiger partial charge in [-0.3, -0.25) is 4.79 Å². The maximum atomic E-state index is 12.1. The topological polar surface area (TPSA) is 69.0 Å². The van der Waals surface area contributed by atoms with Crippen molar-refractivity contribution in [3.63, 3.8) is 0 Å². The summed E-state index contributed by atoms with van der Waals surface area (Å²) in [6, 6.07) is 9.35. The molecule has 25 heavy (non-hydrogen) atoms. The van der Waals surface area contributed by atoms with Gasteiger partial charge in [0.25, 0.3) is 0 Å². The van der Waals surface area contributed by atoms with E-state index in [1.165, 1.54) is 16.6 Å². The molecule has 0 bridgehead atoms. The van der Waals surface area contributed by atoms with Gasteiger partial charge in [-0.05, 0) is 25.1 Å². The highest BCUT2D eigenvalue weighted by Crippen LogP contribution is 2.26. The third-order valence-electron chi connectivity index (χ3n) is 3.51. The van der Waals surface area contributed by atoms with Gasteiger partial charge in [0.2, 0.25) is 5.91 Å². The van der Waals surface area contributed by atoms with Crippen LogP contribution in [-0.4, -0.2) is 33.5 Å². The molecule has 3 rings (SSSR count). The van der Waals surface area contributed by atoms with Gasteiger partial charge in [0.05, 0.1) is 12.9 Å². The summed E-state index contributed by atoms with van der Waals surface area (Å²) in [4.78, 5) is 13.4. The van der Waals surface area contributed by atoms with Gasteiger partial charge in [0, 0.05) is 34.6 Å². The molecule has 0 atom stereocenters. The normalized spacial score (nSPS) is 10.7. The molecular weight excluding hydrogens is 356 g/mol. The molecule has 1 amide bonds. The minimum absolute atomic E-state index is 0.103. The molecular formula is C17H18N4O2S2. The summed E-state index contributed by atoms with van der Waals surface area (Å²) in [6.45, 7) is 2.06. The fourth-order valence-electron chi connectivity index (χ4n) is 2.28. The van der Waals surface area contributed by atoms with E-state index in [0.717, 1.165) is 11.4 Å². The molecule has 0 radical (unpaired) electrons. The average Bonchev–Trinajstić information content (AvgIpc) is 3.19. The van der Waals surface area contributed by atoms with Gasteiger partial charge < -0.3 is 14.6 Å². The first-order valence-corrected chi connectivity index (χ1v) is 9.45. The molecule has 0 saturated heterocycles. The molecule has 3 aromatic rings. The quantitative estimate of drug-likeness (QED) is 0.668. The smallest absolute Gasteiger partial charge is 0.234 e. The summed E-state index contributed by atoms with van der Waals surface area (Å²) >= 11 is 3.03. The van der Waals surface area contributed by atoms with E-state index in [1.807, 2.05) is 29.8 Å². The summed E-state index contributed by atoms with van der Waals surface area (Å²) in [5.74, 6) is 1.66. The highest BCUT2D eigenvalue weighted by atomic mass is 32.2. The zero-order valence-electron chi connectivity index (χ0n) is 14.1. The summed E-state index contributed by atoms with van der Waals surface area (Å²) in [5, 5.41) is 14.0. The first-order chi connectivity index (χ1) is 12.1. The van der Waals surface area contributed by atoms with Gasteiger partial charge in [-0.15, -0.1) is 21.5 Å². The molecule has 1 N–H and O–H groups in total. The third-order valence-corrected chi connectivity index (χ3v) is 5.39. The molecule has 0 aliphatic rings. The maximum Gasteiger partial charge on any atom is 0.234 e. The number of aryl methyl sites for hydroxylation is 1. The van der Waals surface area contributed by atoms with Crippen LogP contribution >= 0.6 is 23.1 Å². The number of rotatable bonds is 6. The Hall–Kier alpha value is -2.32. The average molecular weight is 374 g/mol. The Morgan fingerprint density at radius 1 is 1.36 bits per heavy atom. The largest absolute Gasteiger partial charge is 0.497 e. The summed E-state index contributed by atoms with van der Waals surface area (Å²) in [6.07, 6.45) is 0. The van der Waals surface area contributed by atoms with Gasteiger partial charge in [-0.1, -0.05) is 17.8 Å². The van der Waals surface area contributed by atoms with E-state index in [9.17, 15) is 4.79 Å². The van der Waals surface area contributed by atoms with Crippen molar-refractivity contribution >= 4 is 34.7 Å². The standard InChI is InChI=1S/C17H18N4O2S2/c1-11-7-12(9-24-11)16-19-20-17(21(16)2)25-10-15(22)18-13-5-4-6-14(8-13)23-3/h4-9H,10H2,1-3H3,(H,18,22). The maximum absolute atomic E-state index is 12.1. The number of nitrogens with zero attached hydrogens (tertiary/aromatic N) is 3. The summed E-state index contributed by atoms with van der Waals surface area (Å²) in [7, 11) is 3.50.